The van der Waals surface area contributed by atoms with Crippen molar-refractivity contribution in [3.63, 3.8) is 0 Å². The van der Waals surface area contributed by atoms with Crippen LogP contribution < -0.4 is 4.74 Å². The van der Waals surface area contributed by atoms with E-state index in [-0.39, 0.29) is 17.9 Å². The first-order valence-electron chi connectivity index (χ1n) is 8.38. The molecule has 0 aromatic heterocycles. The minimum atomic E-state index is -0.830. The molecule has 1 saturated heterocycles. The molecule has 0 bridgehead atoms. The van der Waals surface area contributed by atoms with Crippen LogP contribution in [0.25, 0.3) is 0 Å². The maximum Gasteiger partial charge on any atom is 0.307 e. The highest BCUT2D eigenvalue weighted by molar-refractivity contribution is 5.85. The van der Waals surface area contributed by atoms with Crippen LogP contribution >= 0.6 is 0 Å². The quantitative estimate of drug-likeness (QED) is 0.927. The van der Waals surface area contributed by atoms with Crippen LogP contribution in [0.1, 0.15) is 32.1 Å². The third-order valence-electron chi connectivity index (χ3n) is 4.95. The average Bonchev–Trinajstić information content (AvgIpc) is 3.06. The van der Waals surface area contributed by atoms with E-state index in [1.54, 1.807) is 0 Å². The summed E-state index contributed by atoms with van der Waals surface area (Å²) in [6.45, 7) is 1.30. The summed E-state index contributed by atoms with van der Waals surface area (Å²) in [6.07, 6.45) is 3.88. The van der Waals surface area contributed by atoms with E-state index in [1.807, 2.05) is 35.2 Å². The van der Waals surface area contributed by atoms with Crippen molar-refractivity contribution in [2.24, 2.45) is 11.8 Å². The highest BCUT2D eigenvalue weighted by atomic mass is 16.5. The summed E-state index contributed by atoms with van der Waals surface area (Å²) < 4.78 is 5.94. The summed E-state index contributed by atoms with van der Waals surface area (Å²) in [4.78, 5) is 25.7. The molecule has 1 aromatic rings. The number of piperidine rings is 1. The number of rotatable bonds is 4. The molecule has 1 aromatic carbocycles. The lowest BCUT2D eigenvalue weighted by Crippen LogP contribution is -2.45. The Kier molecular flexibility index (Phi) is 4.84. The first-order chi connectivity index (χ1) is 11.1. The topological polar surface area (TPSA) is 66.8 Å². The smallest absolute Gasteiger partial charge is 0.307 e. The SMILES string of the molecule is O=C(O)[C@@H]1CCC[C@@H]1C(=O)N1CCC(Oc2ccccc2)CC1. The molecule has 3 rings (SSSR count). The summed E-state index contributed by atoms with van der Waals surface area (Å²) in [7, 11) is 0. The van der Waals surface area contributed by atoms with Gasteiger partial charge in [-0.25, -0.2) is 0 Å². The van der Waals surface area contributed by atoms with Crippen LogP contribution in [0.15, 0.2) is 30.3 Å². The zero-order chi connectivity index (χ0) is 16.2. The summed E-state index contributed by atoms with van der Waals surface area (Å²) in [5.74, 6) is -0.782. The van der Waals surface area contributed by atoms with E-state index < -0.39 is 11.9 Å². The molecular formula is C18H23NO4. The lowest BCUT2D eigenvalue weighted by atomic mass is 9.93. The summed E-state index contributed by atoms with van der Waals surface area (Å²) in [5.41, 5.74) is 0. The number of aliphatic carboxylic acids is 1. The van der Waals surface area contributed by atoms with Crippen molar-refractivity contribution in [2.45, 2.75) is 38.2 Å². The van der Waals surface area contributed by atoms with Crippen molar-refractivity contribution in [1.82, 2.24) is 4.90 Å². The van der Waals surface area contributed by atoms with E-state index in [9.17, 15) is 14.7 Å². The number of benzene rings is 1. The van der Waals surface area contributed by atoms with Gasteiger partial charge in [-0.3, -0.25) is 9.59 Å². The summed E-state index contributed by atoms with van der Waals surface area (Å²) in [5, 5.41) is 9.25. The molecule has 5 nitrogen and oxygen atoms in total. The Morgan fingerprint density at radius 1 is 1.00 bits per heavy atom. The van der Waals surface area contributed by atoms with Gasteiger partial charge in [-0.1, -0.05) is 24.6 Å². The van der Waals surface area contributed by atoms with Gasteiger partial charge >= 0.3 is 5.97 Å². The molecule has 23 heavy (non-hydrogen) atoms. The van der Waals surface area contributed by atoms with Gasteiger partial charge in [0, 0.05) is 25.9 Å². The number of ether oxygens (including phenoxy) is 1. The van der Waals surface area contributed by atoms with Gasteiger partial charge in [-0.15, -0.1) is 0 Å². The lowest BCUT2D eigenvalue weighted by Gasteiger charge is -2.34. The molecule has 1 N–H and O–H groups in total. The molecule has 0 spiro atoms. The third kappa shape index (κ3) is 3.66. The number of hydrogen-bond donors (Lipinski definition) is 1. The molecule has 0 radical (unpaired) electrons. The molecule has 1 aliphatic heterocycles. The van der Waals surface area contributed by atoms with Crippen molar-refractivity contribution < 1.29 is 19.4 Å². The fraction of sp³-hybridized carbons (Fsp3) is 0.556. The Hall–Kier alpha value is -2.04. The normalized spacial score (nSPS) is 25.3. The standard InChI is InChI=1S/C18H23NO4/c20-17(15-7-4-8-16(15)18(21)22)19-11-9-14(10-12-19)23-13-5-2-1-3-6-13/h1-3,5-6,14-16H,4,7-12H2,(H,21,22)/t15-,16+/m0/s1. The minimum absolute atomic E-state index is 0.0214. The van der Waals surface area contributed by atoms with E-state index in [4.69, 9.17) is 4.74 Å². The predicted octanol–water partition coefficient (Wildman–Crippen LogP) is 2.56. The number of hydrogen-bond acceptors (Lipinski definition) is 3. The van der Waals surface area contributed by atoms with E-state index in [0.29, 0.717) is 25.9 Å². The van der Waals surface area contributed by atoms with Crippen LogP contribution in [0.5, 0.6) is 5.75 Å². The van der Waals surface area contributed by atoms with Crippen LogP contribution in [-0.4, -0.2) is 41.1 Å². The van der Waals surface area contributed by atoms with Gasteiger partial charge in [-0.05, 0) is 25.0 Å². The lowest BCUT2D eigenvalue weighted by molar-refractivity contribution is -0.149. The Labute approximate surface area is 136 Å². The number of para-hydroxylation sites is 1. The molecule has 1 amide bonds. The van der Waals surface area contributed by atoms with Crippen molar-refractivity contribution in [3.05, 3.63) is 30.3 Å². The molecule has 2 fully saturated rings. The minimum Gasteiger partial charge on any atom is -0.490 e. The van der Waals surface area contributed by atoms with E-state index in [0.717, 1.165) is 25.0 Å². The second-order valence-corrected chi connectivity index (χ2v) is 6.44. The van der Waals surface area contributed by atoms with Crippen molar-refractivity contribution in [2.75, 3.05) is 13.1 Å². The zero-order valence-corrected chi connectivity index (χ0v) is 13.2. The number of likely N-dealkylation sites (tertiary alicyclic amines) is 1. The third-order valence-corrected chi connectivity index (χ3v) is 4.95. The first kappa shape index (κ1) is 15.8. The zero-order valence-electron chi connectivity index (χ0n) is 13.2. The van der Waals surface area contributed by atoms with Gasteiger partial charge in [0.05, 0.1) is 11.8 Å². The Balaban J connectivity index is 1.52. The van der Waals surface area contributed by atoms with Gasteiger partial charge in [-0.2, -0.15) is 0 Å². The fourth-order valence-electron chi connectivity index (χ4n) is 3.67. The molecule has 1 heterocycles. The molecule has 2 atom stereocenters. The maximum absolute atomic E-state index is 12.6. The van der Waals surface area contributed by atoms with Gasteiger partial charge in [0.1, 0.15) is 11.9 Å². The Morgan fingerprint density at radius 3 is 2.30 bits per heavy atom. The number of carboxylic acids is 1. The Morgan fingerprint density at radius 2 is 1.65 bits per heavy atom. The second kappa shape index (κ2) is 7.02. The summed E-state index contributed by atoms with van der Waals surface area (Å²) in [6, 6.07) is 9.72. The second-order valence-electron chi connectivity index (χ2n) is 6.44. The van der Waals surface area contributed by atoms with Crippen molar-refractivity contribution >= 4 is 11.9 Å². The van der Waals surface area contributed by atoms with Gasteiger partial charge in [0.2, 0.25) is 5.91 Å². The number of nitrogens with zero attached hydrogens (tertiary/aromatic N) is 1. The van der Waals surface area contributed by atoms with Gasteiger partial charge < -0.3 is 14.7 Å². The van der Waals surface area contributed by atoms with E-state index >= 15 is 0 Å². The van der Waals surface area contributed by atoms with Crippen molar-refractivity contribution in [3.8, 4) is 5.75 Å². The van der Waals surface area contributed by atoms with Crippen LogP contribution in [0.4, 0.5) is 0 Å². The number of carbonyl (C=O) groups excluding carboxylic acids is 1. The fourth-order valence-corrected chi connectivity index (χ4v) is 3.67. The molecule has 5 heteroatoms. The molecular weight excluding hydrogens is 294 g/mol. The van der Waals surface area contributed by atoms with Gasteiger partial charge in [0.15, 0.2) is 0 Å². The maximum atomic E-state index is 12.6. The number of carboxylic acid groups (broad SMARTS) is 1. The number of carbonyl (C=O) groups is 2. The monoisotopic (exact) mass is 317 g/mol. The molecule has 124 valence electrons. The highest BCUT2D eigenvalue weighted by Crippen LogP contribution is 2.34. The highest BCUT2D eigenvalue weighted by Gasteiger charge is 2.40. The molecule has 1 aliphatic carbocycles. The largest absolute Gasteiger partial charge is 0.490 e. The van der Waals surface area contributed by atoms with Crippen molar-refractivity contribution in [1.29, 1.82) is 0 Å². The average molecular weight is 317 g/mol. The van der Waals surface area contributed by atoms with E-state index in [2.05, 4.69) is 0 Å². The van der Waals surface area contributed by atoms with Gasteiger partial charge in [0.25, 0.3) is 0 Å². The van der Waals surface area contributed by atoms with Crippen LogP contribution in [0, 0.1) is 11.8 Å². The van der Waals surface area contributed by atoms with Crippen LogP contribution in [0.2, 0.25) is 0 Å². The van der Waals surface area contributed by atoms with Crippen LogP contribution in [0.3, 0.4) is 0 Å². The predicted molar refractivity (Wildman–Crippen MR) is 85.1 cm³/mol. The Bertz CT molecular complexity index is 551. The molecule has 0 unspecified atom stereocenters. The molecule has 1 saturated carbocycles. The number of amides is 1. The first-order valence-corrected chi connectivity index (χ1v) is 8.38. The molecule has 2 aliphatic rings. The van der Waals surface area contributed by atoms with Crippen LogP contribution in [-0.2, 0) is 9.59 Å². The summed E-state index contributed by atoms with van der Waals surface area (Å²) >= 11 is 0. The van der Waals surface area contributed by atoms with E-state index in [1.165, 1.54) is 0 Å².